The highest BCUT2D eigenvalue weighted by molar-refractivity contribution is 8.00. The van der Waals surface area contributed by atoms with E-state index in [2.05, 4.69) is 26.1 Å². The molecule has 0 aromatic heterocycles. The molecule has 1 atom stereocenters. The van der Waals surface area contributed by atoms with Crippen molar-refractivity contribution in [1.29, 1.82) is 0 Å². The van der Waals surface area contributed by atoms with Crippen LogP contribution in [0.4, 0.5) is 11.4 Å². The monoisotopic (exact) mass is 534 g/mol. The number of benzene rings is 3. The first kappa shape index (κ1) is 29.1. The van der Waals surface area contributed by atoms with Crippen LogP contribution in [0.3, 0.4) is 0 Å². The highest BCUT2D eigenvalue weighted by Gasteiger charge is 2.26. The van der Waals surface area contributed by atoms with Crippen LogP contribution in [0.1, 0.15) is 59.4 Å². The number of hydrogen-bond donors (Lipinski definition) is 4. The first-order valence-electron chi connectivity index (χ1n) is 12.8. The summed E-state index contributed by atoms with van der Waals surface area (Å²) in [7, 11) is 1.78. The van der Waals surface area contributed by atoms with Crippen LogP contribution >= 0.6 is 11.8 Å². The van der Waals surface area contributed by atoms with Gasteiger partial charge >= 0.3 is 0 Å². The zero-order valence-electron chi connectivity index (χ0n) is 22.5. The Kier molecular flexibility index (Phi) is 10.2. The molecule has 0 fully saturated rings. The van der Waals surface area contributed by atoms with E-state index >= 15 is 0 Å². The van der Waals surface area contributed by atoms with Crippen molar-refractivity contribution in [2.24, 2.45) is 5.73 Å². The first-order chi connectivity index (χ1) is 18.1. The van der Waals surface area contributed by atoms with Gasteiger partial charge in [0.05, 0.1) is 0 Å². The number of thioether (sulfide) groups is 1. The van der Waals surface area contributed by atoms with E-state index in [4.69, 9.17) is 11.5 Å². The molecule has 2 amide bonds. The molecule has 0 heterocycles. The van der Waals surface area contributed by atoms with Gasteiger partial charge in [0.1, 0.15) is 6.04 Å². The van der Waals surface area contributed by atoms with Gasteiger partial charge in [0, 0.05) is 47.3 Å². The van der Waals surface area contributed by atoms with Crippen LogP contribution in [-0.2, 0) is 24.2 Å². The number of aliphatic hydroxyl groups is 1. The van der Waals surface area contributed by atoms with Crippen molar-refractivity contribution in [2.45, 2.75) is 56.3 Å². The molecule has 7 nitrogen and oxygen atoms in total. The normalized spacial score (nSPS) is 11.8. The van der Waals surface area contributed by atoms with Crippen molar-refractivity contribution in [3.63, 3.8) is 0 Å². The number of aryl methyl sites for hydroxylation is 1. The largest absolute Gasteiger partial charge is 0.399 e. The fourth-order valence-electron chi connectivity index (χ4n) is 4.38. The Morgan fingerprint density at radius 2 is 1.79 bits per heavy atom. The van der Waals surface area contributed by atoms with Crippen molar-refractivity contribution < 1.29 is 14.7 Å². The second kappa shape index (κ2) is 13.3. The molecule has 0 radical (unpaired) electrons. The Morgan fingerprint density at radius 1 is 1.03 bits per heavy atom. The smallest absolute Gasteiger partial charge is 0.249 e. The van der Waals surface area contributed by atoms with E-state index < -0.39 is 11.9 Å². The number of amides is 2. The van der Waals surface area contributed by atoms with Gasteiger partial charge in [-0.3, -0.25) is 9.59 Å². The maximum Gasteiger partial charge on any atom is 0.249 e. The number of nitrogens with two attached hydrogens (primary N) is 2. The molecule has 202 valence electrons. The molecule has 0 aliphatic heterocycles. The predicted octanol–water partition coefficient (Wildman–Crippen LogP) is 4.78. The van der Waals surface area contributed by atoms with E-state index in [0.29, 0.717) is 35.2 Å². The highest BCUT2D eigenvalue weighted by atomic mass is 32.2. The summed E-state index contributed by atoms with van der Waals surface area (Å²) in [4.78, 5) is 28.5. The van der Waals surface area contributed by atoms with Crippen LogP contribution in [0, 0.1) is 0 Å². The molecule has 0 aliphatic carbocycles. The molecule has 3 aromatic carbocycles. The molecule has 3 aromatic rings. The molecule has 0 spiro atoms. The van der Waals surface area contributed by atoms with Crippen LogP contribution in [0.25, 0.3) is 0 Å². The van der Waals surface area contributed by atoms with Gasteiger partial charge in [-0.25, -0.2) is 0 Å². The van der Waals surface area contributed by atoms with Gasteiger partial charge in [0.25, 0.3) is 0 Å². The van der Waals surface area contributed by atoms with E-state index in [1.807, 2.05) is 42.5 Å². The SMILES string of the molecule is CCc1cc(C(Nc2cccc(C(N)=O)c2)C(=O)N(C)Cc2cc(N)ccc2SC(C)C)ccc1CCO. The van der Waals surface area contributed by atoms with Crippen LogP contribution in [-0.4, -0.2) is 40.7 Å². The lowest BCUT2D eigenvalue weighted by molar-refractivity contribution is -0.131. The Balaban J connectivity index is 1.99. The van der Waals surface area contributed by atoms with Crippen molar-refractivity contribution >= 4 is 35.0 Å². The van der Waals surface area contributed by atoms with Crippen molar-refractivity contribution in [3.8, 4) is 0 Å². The molecular weight excluding hydrogens is 496 g/mol. The molecule has 1 unspecified atom stereocenters. The quantitative estimate of drug-likeness (QED) is 0.196. The summed E-state index contributed by atoms with van der Waals surface area (Å²) >= 11 is 1.74. The molecule has 0 bridgehead atoms. The first-order valence-corrected chi connectivity index (χ1v) is 13.7. The molecule has 8 heteroatoms. The minimum absolute atomic E-state index is 0.0620. The number of carbonyl (C=O) groups is 2. The Hall–Kier alpha value is -3.49. The number of anilines is 2. The summed E-state index contributed by atoms with van der Waals surface area (Å²) in [5, 5.41) is 13.2. The third-order valence-electron chi connectivity index (χ3n) is 6.26. The Morgan fingerprint density at radius 3 is 2.45 bits per heavy atom. The number of nitrogens with zero attached hydrogens (tertiary/aromatic N) is 1. The third kappa shape index (κ3) is 7.52. The minimum atomic E-state index is -0.709. The van der Waals surface area contributed by atoms with Gasteiger partial charge in [-0.15, -0.1) is 11.8 Å². The third-order valence-corrected chi connectivity index (χ3v) is 7.39. The predicted molar refractivity (Wildman–Crippen MR) is 156 cm³/mol. The standard InChI is InChI=1S/C30H38N4O3S/c1-5-20-15-22(10-9-21(20)13-14-35)28(33-26-8-6-7-23(17-26)29(32)36)30(37)34(4)18-24-16-25(31)11-12-27(24)38-19(2)3/h6-12,15-17,19,28,33,35H,5,13-14,18,31H2,1-4H3,(H2,32,36). The number of hydrogen-bond acceptors (Lipinski definition) is 6. The van der Waals surface area contributed by atoms with Crippen molar-refractivity contribution in [2.75, 3.05) is 24.7 Å². The fourth-order valence-corrected chi connectivity index (χ4v) is 5.31. The Bertz CT molecular complexity index is 1280. The van der Waals surface area contributed by atoms with Gasteiger partial charge in [-0.1, -0.05) is 45.0 Å². The summed E-state index contributed by atoms with van der Waals surface area (Å²) in [6.07, 6.45) is 1.33. The summed E-state index contributed by atoms with van der Waals surface area (Å²) in [6, 6.07) is 17.9. The van der Waals surface area contributed by atoms with Crippen LogP contribution in [0.5, 0.6) is 0 Å². The lowest BCUT2D eigenvalue weighted by atomic mass is 9.95. The average Bonchev–Trinajstić information content (AvgIpc) is 2.88. The summed E-state index contributed by atoms with van der Waals surface area (Å²) in [5.41, 5.74) is 17.1. The zero-order chi connectivity index (χ0) is 27.8. The highest BCUT2D eigenvalue weighted by Crippen LogP contribution is 2.31. The minimum Gasteiger partial charge on any atom is -0.399 e. The fraction of sp³-hybridized carbons (Fsp3) is 0.333. The van der Waals surface area contributed by atoms with E-state index in [9.17, 15) is 14.7 Å². The van der Waals surface area contributed by atoms with Crippen LogP contribution in [0.2, 0.25) is 0 Å². The van der Waals surface area contributed by atoms with E-state index in [0.717, 1.165) is 33.6 Å². The lowest BCUT2D eigenvalue weighted by Gasteiger charge is -2.27. The molecule has 0 aliphatic rings. The van der Waals surface area contributed by atoms with Gasteiger partial charge in [-0.05, 0) is 71.5 Å². The second-order valence-electron chi connectivity index (χ2n) is 9.61. The summed E-state index contributed by atoms with van der Waals surface area (Å²) in [5.74, 6) is -0.665. The van der Waals surface area contributed by atoms with E-state index in [1.54, 1.807) is 41.9 Å². The zero-order valence-corrected chi connectivity index (χ0v) is 23.3. The number of carbonyl (C=O) groups excluding carboxylic acids is 2. The summed E-state index contributed by atoms with van der Waals surface area (Å²) in [6.45, 7) is 6.77. The van der Waals surface area contributed by atoms with Crippen LogP contribution < -0.4 is 16.8 Å². The van der Waals surface area contributed by atoms with Gasteiger partial charge in [0.15, 0.2) is 0 Å². The maximum absolute atomic E-state index is 14.0. The molecule has 38 heavy (non-hydrogen) atoms. The number of nitrogen functional groups attached to an aromatic ring is 1. The van der Waals surface area contributed by atoms with Gasteiger partial charge in [0.2, 0.25) is 11.8 Å². The molecule has 0 saturated carbocycles. The average molecular weight is 535 g/mol. The maximum atomic E-state index is 14.0. The second-order valence-corrected chi connectivity index (χ2v) is 11.2. The summed E-state index contributed by atoms with van der Waals surface area (Å²) < 4.78 is 0. The molecule has 3 rings (SSSR count). The lowest BCUT2D eigenvalue weighted by Crippen LogP contribution is -2.35. The number of aliphatic hydroxyl groups excluding tert-OH is 1. The number of likely N-dealkylation sites (N-methyl/N-ethyl adjacent to an activating group) is 1. The topological polar surface area (TPSA) is 122 Å². The molecular formula is C30H38N4O3S. The van der Waals surface area contributed by atoms with Crippen LogP contribution in [0.15, 0.2) is 65.6 Å². The number of nitrogens with one attached hydrogen (secondary N) is 1. The Labute approximate surface area is 229 Å². The number of primary amides is 1. The van der Waals surface area contributed by atoms with E-state index in [-0.39, 0.29) is 12.5 Å². The van der Waals surface area contributed by atoms with Gasteiger partial charge < -0.3 is 26.8 Å². The van der Waals surface area contributed by atoms with Gasteiger partial charge in [-0.2, -0.15) is 0 Å². The molecule has 0 saturated heterocycles. The van der Waals surface area contributed by atoms with E-state index in [1.165, 1.54) is 0 Å². The van der Waals surface area contributed by atoms with Crippen molar-refractivity contribution in [3.05, 3.63) is 88.5 Å². The molecule has 6 N–H and O–H groups in total. The number of rotatable bonds is 12. The van der Waals surface area contributed by atoms with Crippen molar-refractivity contribution in [1.82, 2.24) is 4.90 Å².